The van der Waals surface area contributed by atoms with Gasteiger partial charge in [0.25, 0.3) is 0 Å². The van der Waals surface area contributed by atoms with Crippen molar-refractivity contribution >= 4 is 30.4 Å². The molecule has 4 rings (SSSR count). The molecule has 6 nitrogen and oxygen atoms in total. The SMILES string of the molecule is C[N+]1(c2ccc(-c3ccccc3/C=C3\OC(=O)C=C3O)cc2)C=NC=N1. The molecule has 0 fully saturated rings. The Morgan fingerprint density at radius 1 is 1.12 bits per heavy atom. The number of cyclic esters (lactones) is 1. The van der Waals surface area contributed by atoms with Crippen molar-refractivity contribution in [2.75, 3.05) is 7.05 Å². The third kappa shape index (κ3) is 2.82. The molecule has 2 aliphatic heterocycles. The van der Waals surface area contributed by atoms with Gasteiger partial charge in [0.15, 0.2) is 23.5 Å². The zero-order valence-electron chi connectivity index (χ0n) is 14.0. The van der Waals surface area contributed by atoms with Gasteiger partial charge in [-0.2, -0.15) is 4.99 Å². The summed E-state index contributed by atoms with van der Waals surface area (Å²) in [5, 5.41) is 14.1. The number of hydrogen-bond acceptors (Lipinski definition) is 5. The second-order valence-corrected chi connectivity index (χ2v) is 6.12. The number of ether oxygens (including phenoxy) is 1. The topological polar surface area (TPSA) is 71.2 Å². The second-order valence-electron chi connectivity index (χ2n) is 6.12. The summed E-state index contributed by atoms with van der Waals surface area (Å²) < 4.78 is 5.29. The summed E-state index contributed by atoms with van der Waals surface area (Å²) in [6.07, 6.45) is 6.02. The van der Waals surface area contributed by atoms with E-state index < -0.39 is 5.97 Å². The van der Waals surface area contributed by atoms with E-state index in [-0.39, 0.29) is 16.1 Å². The zero-order chi connectivity index (χ0) is 18.1. The van der Waals surface area contributed by atoms with Crippen LogP contribution in [0.2, 0.25) is 0 Å². The van der Waals surface area contributed by atoms with Crippen LogP contribution in [0.1, 0.15) is 5.56 Å². The maximum absolute atomic E-state index is 11.3. The van der Waals surface area contributed by atoms with Crippen LogP contribution >= 0.6 is 0 Å². The van der Waals surface area contributed by atoms with Gasteiger partial charge in [-0.3, -0.25) is 0 Å². The average Bonchev–Trinajstić information content (AvgIpc) is 3.22. The zero-order valence-corrected chi connectivity index (χ0v) is 14.0. The molecule has 1 N–H and O–H groups in total. The first kappa shape index (κ1) is 16.0. The Hall–Kier alpha value is -3.51. The van der Waals surface area contributed by atoms with Gasteiger partial charge >= 0.3 is 5.97 Å². The molecule has 1 unspecified atom stereocenters. The van der Waals surface area contributed by atoms with Crippen LogP contribution in [0.5, 0.6) is 0 Å². The lowest BCUT2D eigenvalue weighted by Gasteiger charge is -2.18. The fourth-order valence-corrected chi connectivity index (χ4v) is 2.91. The van der Waals surface area contributed by atoms with E-state index in [4.69, 9.17) is 4.74 Å². The van der Waals surface area contributed by atoms with Gasteiger partial charge in [-0.25, -0.2) is 4.79 Å². The smallest absolute Gasteiger partial charge is 0.340 e. The molecule has 0 radical (unpaired) electrons. The Bertz CT molecular complexity index is 989. The number of quaternary nitrogens is 1. The summed E-state index contributed by atoms with van der Waals surface area (Å²) >= 11 is 0. The standard InChI is InChI=1S/C20H15N3O3/c1-23(13-21-12-22-23)16-8-6-14(7-9-16)17-5-3-2-4-15(17)10-19-18(24)11-20(25)26-19/h2-13H,1H3/p+1/b19-10-. The number of carbonyl (C=O) groups excluding carboxylic acids is 1. The minimum Gasteiger partial charge on any atom is -0.504 e. The molecular formula is C20H16N3O3+. The number of carbonyl (C=O) groups is 1. The first-order chi connectivity index (χ1) is 12.5. The summed E-state index contributed by atoms with van der Waals surface area (Å²) in [5.41, 5.74) is 3.79. The van der Waals surface area contributed by atoms with Crippen LogP contribution in [0, 0.1) is 0 Å². The van der Waals surface area contributed by atoms with Gasteiger partial charge in [0.05, 0.1) is 6.08 Å². The number of nitrogens with zero attached hydrogens (tertiary/aromatic N) is 3. The van der Waals surface area contributed by atoms with E-state index in [1.165, 1.54) is 6.34 Å². The molecule has 2 aromatic rings. The van der Waals surface area contributed by atoms with Crippen LogP contribution in [-0.2, 0) is 9.53 Å². The molecule has 128 valence electrons. The third-order valence-corrected chi connectivity index (χ3v) is 4.32. The van der Waals surface area contributed by atoms with Crippen LogP contribution in [0.4, 0.5) is 5.69 Å². The molecule has 1 atom stereocenters. The van der Waals surface area contributed by atoms with E-state index in [9.17, 15) is 9.90 Å². The van der Waals surface area contributed by atoms with Gasteiger partial charge in [-0.1, -0.05) is 29.4 Å². The lowest BCUT2D eigenvalue weighted by Crippen LogP contribution is -2.34. The molecule has 2 aromatic carbocycles. The van der Waals surface area contributed by atoms with Crippen molar-refractivity contribution in [1.29, 1.82) is 0 Å². The van der Waals surface area contributed by atoms with E-state index in [1.54, 1.807) is 12.4 Å². The highest BCUT2D eigenvalue weighted by atomic mass is 16.6. The molecule has 26 heavy (non-hydrogen) atoms. The predicted octanol–water partition coefficient (Wildman–Crippen LogP) is 3.62. The summed E-state index contributed by atoms with van der Waals surface area (Å²) in [4.78, 5) is 15.3. The van der Waals surface area contributed by atoms with Gasteiger partial charge < -0.3 is 9.84 Å². The molecular weight excluding hydrogens is 330 g/mol. The number of hydrogen-bond donors (Lipinski definition) is 1. The average molecular weight is 346 g/mol. The maximum atomic E-state index is 11.3. The quantitative estimate of drug-likeness (QED) is 0.682. The summed E-state index contributed by atoms with van der Waals surface area (Å²) in [6.45, 7) is 0. The van der Waals surface area contributed by atoms with Gasteiger partial charge in [-0.15, -0.1) is 4.59 Å². The molecule has 2 aliphatic rings. The van der Waals surface area contributed by atoms with Crippen molar-refractivity contribution in [2.24, 2.45) is 10.1 Å². The number of benzene rings is 2. The van der Waals surface area contributed by atoms with Gasteiger partial charge in [0, 0.05) is 12.1 Å². The van der Waals surface area contributed by atoms with Crippen molar-refractivity contribution in [3.63, 3.8) is 0 Å². The molecule has 0 amide bonds. The van der Waals surface area contributed by atoms with Crippen LogP contribution in [-0.4, -0.2) is 30.8 Å². The van der Waals surface area contributed by atoms with Gasteiger partial charge in [0.1, 0.15) is 7.05 Å². The molecule has 0 spiro atoms. The Morgan fingerprint density at radius 2 is 1.88 bits per heavy atom. The fourth-order valence-electron chi connectivity index (χ4n) is 2.91. The molecule has 0 bridgehead atoms. The van der Waals surface area contributed by atoms with Crippen molar-refractivity contribution in [2.45, 2.75) is 0 Å². The third-order valence-electron chi connectivity index (χ3n) is 4.32. The highest BCUT2D eigenvalue weighted by molar-refractivity contribution is 5.90. The van der Waals surface area contributed by atoms with Gasteiger partial charge in [0.2, 0.25) is 6.34 Å². The monoisotopic (exact) mass is 346 g/mol. The first-order valence-corrected chi connectivity index (χ1v) is 8.04. The van der Waals surface area contributed by atoms with E-state index in [0.717, 1.165) is 28.5 Å². The number of esters is 1. The second kappa shape index (κ2) is 6.09. The first-order valence-electron chi connectivity index (χ1n) is 8.04. The molecule has 6 heteroatoms. The minimum atomic E-state index is -0.569. The fraction of sp³-hybridized carbons (Fsp3) is 0.0500. The van der Waals surface area contributed by atoms with Crippen molar-refractivity contribution < 1.29 is 14.6 Å². The van der Waals surface area contributed by atoms with E-state index >= 15 is 0 Å². The predicted molar refractivity (Wildman–Crippen MR) is 101 cm³/mol. The van der Waals surface area contributed by atoms with Crippen LogP contribution < -0.4 is 4.59 Å². The molecule has 0 aliphatic carbocycles. The number of rotatable bonds is 3. The number of aliphatic imine (C=N–C) groups is 1. The Kier molecular flexibility index (Phi) is 3.74. The Morgan fingerprint density at radius 3 is 2.54 bits per heavy atom. The van der Waals surface area contributed by atoms with Crippen LogP contribution in [0.25, 0.3) is 17.2 Å². The van der Waals surface area contributed by atoms with Gasteiger partial charge in [-0.05, 0) is 34.9 Å². The largest absolute Gasteiger partial charge is 0.504 e. The van der Waals surface area contributed by atoms with E-state index in [2.05, 4.69) is 10.1 Å². The molecule has 0 saturated carbocycles. The van der Waals surface area contributed by atoms with E-state index in [1.807, 2.05) is 55.6 Å². The van der Waals surface area contributed by atoms with E-state index in [0.29, 0.717) is 0 Å². The number of aliphatic hydroxyl groups excluding tert-OH is 1. The Balaban J connectivity index is 1.70. The van der Waals surface area contributed by atoms with Crippen molar-refractivity contribution in [3.8, 4) is 11.1 Å². The summed E-state index contributed by atoms with van der Waals surface area (Å²) in [6, 6.07) is 15.7. The maximum Gasteiger partial charge on any atom is 0.340 e. The number of aliphatic hydroxyl groups is 1. The highest BCUT2D eigenvalue weighted by Gasteiger charge is 2.25. The lowest BCUT2D eigenvalue weighted by atomic mass is 9.98. The van der Waals surface area contributed by atoms with Crippen molar-refractivity contribution in [3.05, 3.63) is 71.7 Å². The lowest BCUT2D eigenvalue weighted by molar-refractivity contribution is -0.132. The molecule has 0 aromatic heterocycles. The van der Waals surface area contributed by atoms with Crippen molar-refractivity contribution in [1.82, 2.24) is 4.59 Å². The summed E-state index contributed by atoms with van der Waals surface area (Å²) in [5.74, 6) is -0.580. The summed E-state index contributed by atoms with van der Waals surface area (Å²) in [7, 11) is 1.95. The highest BCUT2D eigenvalue weighted by Crippen LogP contribution is 2.31. The van der Waals surface area contributed by atoms with Crippen LogP contribution in [0.15, 0.2) is 76.2 Å². The Labute approximate surface area is 150 Å². The minimum absolute atomic E-state index is 0.153. The molecule has 0 saturated heterocycles. The van der Waals surface area contributed by atoms with Crippen LogP contribution in [0.3, 0.4) is 0 Å². The molecule has 2 heterocycles. The normalized spacial score (nSPS) is 22.7.